The Morgan fingerprint density at radius 2 is 2.27 bits per heavy atom. The van der Waals surface area contributed by atoms with Gasteiger partial charge in [-0.05, 0) is 40.6 Å². The van der Waals surface area contributed by atoms with Crippen molar-refractivity contribution in [3.05, 3.63) is 63.7 Å². The zero-order chi connectivity index (χ0) is 15.1. The van der Waals surface area contributed by atoms with Crippen LogP contribution in [0.25, 0.3) is 5.69 Å². The van der Waals surface area contributed by atoms with Crippen molar-refractivity contribution in [2.75, 3.05) is 5.32 Å². The highest BCUT2D eigenvalue weighted by Crippen LogP contribution is 2.38. The van der Waals surface area contributed by atoms with Gasteiger partial charge in [0.05, 0.1) is 5.69 Å². The monoisotopic (exact) mass is 329 g/mol. The fraction of sp³-hybridized carbons (Fsp3) is 0.125. The average Bonchev–Trinajstić information content (AvgIpc) is 3.16. The SMILES string of the molecule is O=C1C[C@H](c2ccsc2)c2ncn(-c3cccc(Cl)c3)c2N1. The van der Waals surface area contributed by atoms with Gasteiger partial charge < -0.3 is 5.32 Å². The fourth-order valence-electron chi connectivity index (χ4n) is 2.78. The van der Waals surface area contributed by atoms with Gasteiger partial charge in [0, 0.05) is 23.0 Å². The Kier molecular flexibility index (Phi) is 3.24. The minimum Gasteiger partial charge on any atom is -0.310 e. The Morgan fingerprint density at radius 1 is 1.36 bits per heavy atom. The number of carbonyl (C=O) groups is 1. The second-order valence-corrected chi connectivity index (χ2v) is 6.41. The van der Waals surface area contributed by atoms with Crippen molar-refractivity contribution >= 4 is 34.7 Å². The van der Waals surface area contributed by atoms with Crippen LogP contribution in [0, 0.1) is 0 Å². The zero-order valence-corrected chi connectivity index (χ0v) is 13.1. The Labute approximate surface area is 136 Å². The van der Waals surface area contributed by atoms with Gasteiger partial charge in [-0.2, -0.15) is 11.3 Å². The van der Waals surface area contributed by atoms with Gasteiger partial charge in [0.1, 0.15) is 12.1 Å². The second-order valence-electron chi connectivity index (χ2n) is 5.19. The molecule has 4 nitrogen and oxygen atoms in total. The Hall–Kier alpha value is -2.11. The first kappa shape index (κ1) is 13.5. The number of hydrogen-bond acceptors (Lipinski definition) is 3. The number of imidazole rings is 1. The van der Waals surface area contributed by atoms with E-state index in [1.807, 2.05) is 34.2 Å². The summed E-state index contributed by atoms with van der Waals surface area (Å²) in [5.41, 5.74) is 2.92. The molecule has 1 aromatic carbocycles. The number of rotatable bonds is 2. The van der Waals surface area contributed by atoms with E-state index in [-0.39, 0.29) is 11.8 Å². The van der Waals surface area contributed by atoms with Crippen molar-refractivity contribution in [2.45, 2.75) is 12.3 Å². The van der Waals surface area contributed by atoms with E-state index in [2.05, 4.69) is 21.7 Å². The number of anilines is 1. The number of fused-ring (bicyclic) bond motifs is 1. The summed E-state index contributed by atoms with van der Waals surface area (Å²) in [6.45, 7) is 0. The van der Waals surface area contributed by atoms with Crippen LogP contribution in [0.3, 0.4) is 0 Å². The Morgan fingerprint density at radius 3 is 3.05 bits per heavy atom. The van der Waals surface area contributed by atoms with Crippen molar-refractivity contribution in [3.63, 3.8) is 0 Å². The van der Waals surface area contributed by atoms with E-state index in [0.29, 0.717) is 11.4 Å². The first-order chi connectivity index (χ1) is 10.7. The molecular formula is C16H12ClN3OS. The summed E-state index contributed by atoms with van der Waals surface area (Å²) in [7, 11) is 0. The van der Waals surface area contributed by atoms with E-state index < -0.39 is 0 Å². The molecule has 6 heteroatoms. The summed E-state index contributed by atoms with van der Waals surface area (Å²) in [6.07, 6.45) is 2.16. The number of amides is 1. The third-order valence-corrected chi connectivity index (χ3v) is 4.74. The van der Waals surface area contributed by atoms with Gasteiger partial charge >= 0.3 is 0 Å². The maximum absolute atomic E-state index is 12.1. The maximum atomic E-state index is 12.1. The molecule has 110 valence electrons. The highest BCUT2D eigenvalue weighted by molar-refractivity contribution is 7.08. The normalized spacial score (nSPS) is 17.1. The van der Waals surface area contributed by atoms with Crippen molar-refractivity contribution < 1.29 is 4.79 Å². The predicted molar refractivity (Wildman–Crippen MR) is 88.0 cm³/mol. The first-order valence-electron chi connectivity index (χ1n) is 6.87. The van der Waals surface area contributed by atoms with E-state index in [9.17, 15) is 4.79 Å². The summed E-state index contributed by atoms with van der Waals surface area (Å²) < 4.78 is 1.87. The number of hydrogen-bond donors (Lipinski definition) is 1. The zero-order valence-electron chi connectivity index (χ0n) is 11.5. The van der Waals surface area contributed by atoms with Crippen LogP contribution < -0.4 is 5.32 Å². The van der Waals surface area contributed by atoms with Crippen LogP contribution in [0.5, 0.6) is 0 Å². The average molecular weight is 330 g/mol. The maximum Gasteiger partial charge on any atom is 0.226 e. The summed E-state index contributed by atoms with van der Waals surface area (Å²) in [5, 5.41) is 7.69. The molecule has 1 aliphatic heterocycles. The molecule has 0 radical (unpaired) electrons. The van der Waals surface area contributed by atoms with Crippen LogP contribution in [0.15, 0.2) is 47.4 Å². The van der Waals surface area contributed by atoms with Gasteiger partial charge in [0.25, 0.3) is 0 Å². The summed E-state index contributed by atoms with van der Waals surface area (Å²) in [4.78, 5) is 16.6. The van der Waals surface area contributed by atoms with Crippen LogP contribution in [0.2, 0.25) is 5.02 Å². The third-order valence-electron chi connectivity index (χ3n) is 3.81. The Bertz CT molecular complexity index is 841. The molecule has 1 atom stereocenters. The number of nitrogens with one attached hydrogen (secondary N) is 1. The van der Waals surface area contributed by atoms with E-state index in [1.54, 1.807) is 17.7 Å². The van der Waals surface area contributed by atoms with Crippen molar-refractivity contribution in [2.24, 2.45) is 0 Å². The van der Waals surface area contributed by atoms with Gasteiger partial charge in [0.15, 0.2) is 0 Å². The molecule has 0 saturated carbocycles. The number of halogens is 1. The predicted octanol–water partition coefficient (Wildman–Crippen LogP) is 4.06. The van der Waals surface area contributed by atoms with Crippen LogP contribution in [0.1, 0.15) is 23.6 Å². The van der Waals surface area contributed by atoms with E-state index in [1.165, 1.54) is 0 Å². The van der Waals surface area contributed by atoms with Crippen LogP contribution >= 0.6 is 22.9 Å². The van der Waals surface area contributed by atoms with Crippen LogP contribution in [-0.2, 0) is 4.79 Å². The lowest BCUT2D eigenvalue weighted by Crippen LogP contribution is -2.24. The van der Waals surface area contributed by atoms with Crippen molar-refractivity contribution in [1.82, 2.24) is 9.55 Å². The van der Waals surface area contributed by atoms with Crippen LogP contribution in [-0.4, -0.2) is 15.5 Å². The molecule has 2 aromatic heterocycles. The standard InChI is InChI=1S/C16H12ClN3OS/c17-11-2-1-3-12(6-11)20-9-18-15-13(10-4-5-22-8-10)7-14(21)19-16(15)20/h1-6,8-9,13H,7H2,(H,19,21)/t13-/m1/s1. The highest BCUT2D eigenvalue weighted by atomic mass is 35.5. The fourth-order valence-corrected chi connectivity index (χ4v) is 3.68. The summed E-state index contributed by atoms with van der Waals surface area (Å²) in [5.74, 6) is 0.748. The van der Waals surface area contributed by atoms with E-state index in [0.717, 1.165) is 22.8 Å². The molecule has 1 N–H and O–H groups in total. The van der Waals surface area contributed by atoms with Gasteiger partial charge in [-0.15, -0.1) is 0 Å². The molecule has 1 aliphatic rings. The molecule has 0 unspecified atom stereocenters. The minimum absolute atomic E-state index is 0.00692. The quantitative estimate of drug-likeness (QED) is 0.770. The second kappa shape index (κ2) is 5.26. The van der Waals surface area contributed by atoms with Gasteiger partial charge in [-0.25, -0.2) is 4.98 Å². The van der Waals surface area contributed by atoms with E-state index in [4.69, 9.17) is 11.6 Å². The number of nitrogens with zero attached hydrogens (tertiary/aromatic N) is 2. The molecule has 3 aromatic rings. The highest BCUT2D eigenvalue weighted by Gasteiger charge is 2.31. The Balaban J connectivity index is 1.84. The molecule has 3 heterocycles. The molecule has 0 spiro atoms. The van der Waals surface area contributed by atoms with E-state index >= 15 is 0 Å². The van der Waals surface area contributed by atoms with Gasteiger partial charge in [0.2, 0.25) is 5.91 Å². The lowest BCUT2D eigenvalue weighted by atomic mass is 9.92. The molecular weight excluding hydrogens is 318 g/mol. The molecule has 4 rings (SSSR count). The molecule has 0 bridgehead atoms. The lowest BCUT2D eigenvalue weighted by Gasteiger charge is -2.22. The summed E-state index contributed by atoms with van der Waals surface area (Å²) in [6, 6.07) is 9.54. The number of thiophene rings is 1. The van der Waals surface area contributed by atoms with Crippen molar-refractivity contribution in [1.29, 1.82) is 0 Å². The largest absolute Gasteiger partial charge is 0.310 e. The van der Waals surface area contributed by atoms with Crippen LogP contribution in [0.4, 0.5) is 5.82 Å². The smallest absolute Gasteiger partial charge is 0.226 e. The third kappa shape index (κ3) is 2.23. The number of carbonyl (C=O) groups excluding carboxylic acids is 1. The summed E-state index contributed by atoms with van der Waals surface area (Å²) >= 11 is 7.69. The van der Waals surface area contributed by atoms with Crippen molar-refractivity contribution in [3.8, 4) is 5.69 Å². The van der Waals surface area contributed by atoms with Gasteiger partial charge in [-0.1, -0.05) is 17.7 Å². The molecule has 1 amide bonds. The first-order valence-corrected chi connectivity index (χ1v) is 8.19. The lowest BCUT2D eigenvalue weighted by molar-refractivity contribution is -0.116. The molecule has 0 saturated heterocycles. The number of benzene rings is 1. The van der Waals surface area contributed by atoms with Gasteiger partial charge in [-0.3, -0.25) is 9.36 Å². The topological polar surface area (TPSA) is 46.9 Å². The molecule has 0 fully saturated rings. The molecule has 22 heavy (non-hydrogen) atoms. The minimum atomic E-state index is 0.00692. The molecule has 0 aliphatic carbocycles. The number of aromatic nitrogens is 2.